The standard InChI is InChI=1S/C25H32N2O4S/c1-5-6-14-31-18-10-11-19(17(2)16-18)23(28)21-22(20-9-7-15-32-20)27(25(30)24(21)29)13-8-12-26(3)4/h7,9-11,15-16,22,28H,5-6,8,12-14H2,1-4H3/t22-/m0/s1. The second-order valence-corrected chi connectivity index (χ2v) is 9.32. The van der Waals surface area contributed by atoms with Gasteiger partial charge in [0.15, 0.2) is 0 Å². The van der Waals surface area contributed by atoms with Gasteiger partial charge in [-0.05, 0) is 75.6 Å². The second kappa shape index (κ2) is 10.8. The average Bonchev–Trinajstić information content (AvgIpc) is 3.36. The molecule has 32 heavy (non-hydrogen) atoms. The van der Waals surface area contributed by atoms with E-state index in [1.54, 1.807) is 17.0 Å². The van der Waals surface area contributed by atoms with Gasteiger partial charge in [-0.3, -0.25) is 9.59 Å². The van der Waals surface area contributed by atoms with Crippen LogP contribution in [0, 0.1) is 6.92 Å². The van der Waals surface area contributed by atoms with Crippen LogP contribution in [0.2, 0.25) is 0 Å². The molecule has 1 atom stereocenters. The van der Waals surface area contributed by atoms with Gasteiger partial charge in [-0.2, -0.15) is 0 Å². The summed E-state index contributed by atoms with van der Waals surface area (Å²) in [4.78, 5) is 30.5. The lowest BCUT2D eigenvalue weighted by Crippen LogP contribution is -2.32. The van der Waals surface area contributed by atoms with Crippen molar-refractivity contribution in [1.29, 1.82) is 0 Å². The number of Topliss-reactive ketones (excluding diaryl/α,β-unsaturated/α-hetero) is 1. The van der Waals surface area contributed by atoms with E-state index in [4.69, 9.17) is 4.74 Å². The molecule has 0 unspecified atom stereocenters. The van der Waals surface area contributed by atoms with E-state index in [1.807, 2.05) is 49.5 Å². The van der Waals surface area contributed by atoms with Crippen LogP contribution in [0.5, 0.6) is 5.75 Å². The van der Waals surface area contributed by atoms with Crippen molar-refractivity contribution in [2.24, 2.45) is 0 Å². The van der Waals surface area contributed by atoms with E-state index in [9.17, 15) is 14.7 Å². The van der Waals surface area contributed by atoms with Crippen molar-refractivity contribution in [2.45, 2.75) is 39.2 Å². The summed E-state index contributed by atoms with van der Waals surface area (Å²) in [7, 11) is 3.95. The van der Waals surface area contributed by atoms with Crippen LogP contribution in [0.4, 0.5) is 0 Å². The number of nitrogens with zero attached hydrogens (tertiary/aromatic N) is 2. The predicted octanol–water partition coefficient (Wildman–Crippen LogP) is 4.61. The number of amides is 1. The number of hydrogen-bond donors (Lipinski definition) is 1. The van der Waals surface area contributed by atoms with Crippen molar-refractivity contribution in [3.05, 3.63) is 57.3 Å². The smallest absolute Gasteiger partial charge is 0.295 e. The third-order valence-corrected chi connectivity index (χ3v) is 6.50. The van der Waals surface area contributed by atoms with E-state index in [0.29, 0.717) is 18.7 Å². The van der Waals surface area contributed by atoms with Gasteiger partial charge in [0.05, 0.1) is 18.2 Å². The van der Waals surface area contributed by atoms with E-state index >= 15 is 0 Å². The van der Waals surface area contributed by atoms with Gasteiger partial charge in [0.1, 0.15) is 11.5 Å². The summed E-state index contributed by atoms with van der Waals surface area (Å²) in [5, 5.41) is 13.2. The Balaban J connectivity index is 1.97. The Morgan fingerprint density at radius 3 is 2.62 bits per heavy atom. The number of aryl methyl sites for hydroxylation is 1. The molecule has 1 aliphatic rings. The van der Waals surface area contributed by atoms with Gasteiger partial charge in [0.2, 0.25) is 0 Å². The largest absolute Gasteiger partial charge is 0.507 e. The zero-order valence-electron chi connectivity index (χ0n) is 19.3. The van der Waals surface area contributed by atoms with E-state index < -0.39 is 17.7 Å². The summed E-state index contributed by atoms with van der Waals surface area (Å²) in [6.07, 6.45) is 2.76. The number of thiophene rings is 1. The molecular formula is C25H32N2O4S. The molecule has 7 heteroatoms. The van der Waals surface area contributed by atoms with E-state index in [1.165, 1.54) is 11.3 Å². The zero-order valence-corrected chi connectivity index (χ0v) is 20.1. The Labute approximate surface area is 194 Å². The van der Waals surface area contributed by atoms with E-state index in [2.05, 4.69) is 6.92 Å². The quantitative estimate of drug-likeness (QED) is 0.245. The number of aliphatic hydroxyl groups excluding tert-OH is 1. The summed E-state index contributed by atoms with van der Waals surface area (Å²) in [6, 6.07) is 8.65. The van der Waals surface area contributed by atoms with Gasteiger partial charge in [-0.25, -0.2) is 0 Å². The fourth-order valence-electron chi connectivity index (χ4n) is 3.88. The fourth-order valence-corrected chi connectivity index (χ4v) is 4.73. The molecule has 2 heterocycles. The number of rotatable bonds is 10. The molecule has 2 aromatic rings. The Bertz CT molecular complexity index is 982. The number of benzene rings is 1. The molecule has 0 spiro atoms. The van der Waals surface area contributed by atoms with Gasteiger partial charge in [-0.15, -0.1) is 11.3 Å². The van der Waals surface area contributed by atoms with Crippen LogP contribution in [0.15, 0.2) is 41.3 Å². The highest BCUT2D eigenvalue weighted by atomic mass is 32.1. The zero-order chi connectivity index (χ0) is 23.3. The van der Waals surface area contributed by atoms with Crippen molar-refractivity contribution in [3.8, 4) is 5.75 Å². The van der Waals surface area contributed by atoms with E-state index in [0.717, 1.165) is 42.0 Å². The van der Waals surface area contributed by atoms with Crippen LogP contribution < -0.4 is 4.74 Å². The summed E-state index contributed by atoms with van der Waals surface area (Å²) in [5.41, 5.74) is 1.49. The lowest BCUT2D eigenvalue weighted by atomic mass is 9.97. The number of likely N-dealkylation sites (tertiary alicyclic amines) is 1. The summed E-state index contributed by atoms with van der Waals surface area (Å²) >= 11 is 1.48. The van der Waals surface area contributed by atoms with Crippen molar-refractivity contribution < 1.29 is 19.4 Å². The van der Waals surface area contributed by atoms with Gasteiger partial charge in [0, 0.05) is 17.0 Å². The number of carbonyl (C=O) groups excluding carboxylic acids is 2. The Morgan fingerprint density at radius 1 is 1.22 bits per heavy atom. The topological polar surface area (TPSA) is 70.1 Å². The minimum absolute atomic E-state index is 0.130. The van der Waals surface area contributed by atoms with Gasteiger partial charge in [-0.1, -0.05) is 19.4 Å². The number of aliphatic hydroxyl groups is 1. The van der Waals surface area contributed by atoms with Crippen LogP contribution in [0.25, 0.3) is 5.76 Å². The molecule has 1 saturated heterocycles. The Morgan fingerprint density at radius 2 is 2.00 bits per heavy atom. The molecule has 6 nitrogen and oxygen atoms in total. The molecule has 1 N–H and O–H groups in total. The van der Waals surface area contributed by atoms with E-state index in [-0.39, 0.29) is 11.3 Å². The minimum Gasteiger partial charge on any atom is -0.507 e. The number of carbonyl (C=O) groups is 2. The van der Waals surface area contributed by atoms with Gasteiger partial charge in [0.25, 0.3) is 11.7 Å². The number of ether oxygens (including phenoxy) is 1. The van der Waals surface area contributed by atoms with Crippen molar-refractivity contribution in [1.82, 2.24) is 9.80 Å². The highest BCUT2D eigenvalue weighted by Gasteiger charge is 2.46. The maximum absolute atomic E-state index is 13.0. The van der Waals surface area contributed by atoms with Crippen molar-refractivity contribution >= 4 is 28.8 Å². The highest BCUT2D eigenvalue weighted by Crippen LogP contribution is 2.41. The van der Waals surface area contributed by atoms with Crippen LogP contribution in [0.1, 0.15) is 48.2 Å². The van der Waals surface area contributed by atoms with Crippen LogP contribution in [0.3, 0.4) is 0 Å². The minimum atomic E-state index is -0.631. The third-order valence-electron chi connectivity index (χ3n) is 5.58. The summed E-state index contributed by atoms with van der Waals surface area (Å²) < 4.78 is 5.76. The fraction of sp³-hybridized carbons (Fsp3) is 0.440. The van der Waals surface area contributed by atoms with Crippen LogP contribution >= 0.6 is 11.3 Å². The Kier molecular flexibility index (Phi) is 8.10. The highest BCUT2D eigenvalue weighted by molar-refractivity contribution is 7.10. The predicted molar refractivity (Wildman–Crippen MR) is 128 cm³/mol. The number of ketones is 1. The van der Waals surface area contributed by atoms with Crippen LogP contribution in [-0.2, 0) is 9.59 Å². The maximum Gasteiger partial charge on any atom is 0.295 e. The van der Waals surface area contributed by atoms with Crippen LogP contribution in [-0.4, -0.2) is 60.4 Å². The normalized spacial score (nSPS) is 18.0. The second-order valence-electron chi connectivity index (χ2n) is 8.34. The molecule has 0 radical (unpaired) electrons. The molecule has 0 saturated carbocycles. The lowest BCUT2D eigenvalue weighted by molar-refractivity contribution is -0.139. The summed E-state index contributed by atoms with van der Waals surface area (Å²) in [6.45, 7) is 5.87. The molecule has 1 aromatic carbocycles. The average molecular weight is 457 g/mol. The first-order chi connectivity index (χ1) is 15.3. The number of hydrogen-bond acceptors (Lipinski definition) is 6. The lowest BCUT2D eigenvalue weighted by Gasteiger charge is -2.24. The van der Waals surface area contributed by atoms with Gasteiger partial charge >= 0.3 is 0 Å². The molecule has 1 amide bonds. The molecular weight excluding hydrogens is 424 g/mol. The molecule has 0 aliphatic carbocycles. The third kappa shape index (κ3) is 5.22. The molecule has 1 aliphatic heterocycles. The van der Waals surface area contributed by atoms with Crippen molar-refractivity contribution in [2.75, 3.05) is 33.8 Å². The Hall–Kier alpha value is -2.64. The molecule has 3 rings (SSSR count). The maximum atomic E-state index is 13.0. The molecule has 1 fully saturated rings. The molecule has 1 aromatic heterocycles. The first-order valence-corrected chi connectivity index (χ1v) is 11.9. The summed E-state index contributed by atoms with van der Waals surface area (Å²) in [5.74, 6) is -0.588. The monoisotopic (exact) mass is 456 g/mol. The SMILES string of the molecule is CCCCOc1ccc(C(O)=C2C(=O)C(=O)N(CCCN(C)C)[C@H]2c2cccs2)c(C)c1. The molecule has 0 bridgehead atoms. The van der Waals surface area contributed by atoms with Crippen molar-refractivity contribution in [3.63, 3.8) is 0 Å². The number of unbranched alkanes of at least 4 members (excludes halogenated alkanes) is 1. The first-order valence-electron chi connectivity index (χ1n) is 11.1. The first kappa shape index (κ1) is 24.0. The van der Waals surface area contributed by atoms with Gasteiger partial charge < -0.3 is 19.6 Å². The molecule has 172 valence electrons.